The number of urea groups is 1. The summed E-state index contributed by atoms with van der Waals surface area (Å²) in [5.74, 6) is 1.90. The van der Waals surface area contributed by atoms with E-state index in [1.807, 2.05) is 86.8 Å². The van der Waals surface area contributed by atoms with Gasteiger partial charge < -0.3 is 20.2 Å². The number of aryl methyl sites for hydroxylation is 1. The van der Waals surface area contributed by atoms with Crippen molar-refractivity contribution in [1.82, 2.24) is 30.1 Å². The number of ether oxygens (including phenoxy) is 2. The number of morpholine rings is 1. The Morgan fingerprint density at radius 2 is 1.68 bits per heavy atom. The highest BCUT2D eigenvalue weighted by Gasteiger charge is 2.30. The average molecular weight is 713 g/mol. The summed E-state index contributed by atoms with van der Waals surface area (Å²) in [7, 11) is 0. The summed E-state index contributed by atoms with van der Waals surface area (Å²) in [4.78, 5) is 20.6. The first kappa shape index (κ1) is 36.0. The minimum atomic E-state index is -0.351. The normalized spacial score (nSPS) is 18.0. The van der Waals surface area contributed by atoms with Crippen LogP contribution >= 0.6 is 0 Å². The molecular formula is C42H48N8O3. The fraction of sp³-hybridized carbons (Fsp3) is 0.357. The van der Waals surface area contributed by atoms with Crippen LogP contribution in [0, 0.1) is 17.7 Å². The van der Waals surface area contributed by atoms with Gasteiger partial charge in [0.1, 0.15) is 17.7 Å². The van der Waals surface area contributed by atoms with Gasteiger partial charge in [-0.25, -0.2) is 9.79 Å². The molecule has 2 unspecified atom stereocenters. The number of nitrogens with one attached hydrogen (secondary N) is 3. The van der Waals surface area contributed by atoms with Crippen LogP contribution in [0.25, 0.3) is 17.0 Å². The molecule has 5 aromatic rings. The fourth-order valence-corrected chi connectivity index (χ4v) is 6.75. The highest BCUT2D eigenvalue weighted by molar-refractivity contribution is 6.09. The molecule has 1 fully saturated rings. The second-order valence-corrected chi connectivity index (χ2v) is 15.0. The van der Waals surface area contributed by atoms with E-state index in [-0.39, 0.29) is 30.0 Å². The first-order chi connectivity index (χ1) is 25.6. The maximum atomic E-state index is 13.5. The number of hydrogen-bond acceptors (Lipinski definition) is 8. The third-order valence-corrected chi connectivity index (χ3v) is 9.92. The van der Waals surface area contributed by atoms with Gasteiger partial charge in [-0.05, 0) is 66.1 Å². The van der Waals surface area contributed by atoms with Gasteiger partial charge in [0.15, 0.2) is 11.5 Å². The fourth-order valence-electron chi connectivity index (χ4n) is 6.75. The lowest BCUT2D eigenvalue weighted by atomic mass is 9.85. The number of carbonyl (C=O) groups excluding carboxylic acids is 1. The maximum absolute atomic E-state index is 13.5. The molecule has 3 N–H and O–H groups in total. The predicted octanol–water partition coefficient (Wildman–Crippen LogP) is 7.98. The number of rotatable bonds is 9. The van der Waals surface area contributed by atoms with Crippen molar-refractivity contribution in [2.45, 2.75) is 65.6 Å². The number of pyridine rings is 1. The zero-order valence-corrected chi connectivity index (χ0v) is 30.9. The van der Waals surface area contributed by atoms with Crippen LogP contribution in [0.5, 0.6) is 5.75 Å². The number of hydrogen-bond donors (Lipinski definition) is 3. The van der Waals surface area contributed by atoms with Crippen LogP contribution in [0.15, 0.2) is 96.1 Å². The van der Waals surface area contributed by atoms with Crippen LogP contribution in [0.3, 0.4) is 0 Å². The number of fused-ring (bicyclic) bond motifs is 2. The standard InChI is InChI=1S/C42H48N8O3/c1-28-9-15-31(16-10-28)44-38(25-37(43)42(2,3)4)46-41(51)45-35-18-19-36(34-8-6-5-7-33(34)35)53-32-17-20-39-47-48-40(50(39)27-32)30-13-11-29(12-14-30)26-49-21-23-52-24-22-49/h5-17,20,27,35-36,43H,18-19,21-26H2,1-4H3,(H2,44,45,46,51). The lowest BCUT2D eigenvalue weighted by Gasteiger charge is -2.32. The highest BCUT2D eigenvalue weighted by Crippen LogP contribution is 2.39. The quantitative estimate of drug-likeness (QED) is 0.105. The Hall–Kier alpha value is -5.39. The third kappa shape index (κ3) is 8.81. The molecule has 2 amide bonds. The van der Waals surface area contributed by atoms with Gasteiger partial charge in [0.05, 0.1) is 31.1 Å². The maximum Gasteiger partial charge on any atom is 0.320 e. The minimum Gasteiger partial charge on any atom is -0.484 e. The van der Waals surface area contributed by atoms with Crippen LogP contribution < -0.4 is 15.4 Å². The Morgan fingerprint density at radius 1 is 0.943 bits per heavy atom. The SMILES string of the molecule is Cc1ccc(N=C(CC(=N)C(C)(C)C)NC(=O)NC2CCC(Oc3ccc4nnc(-c5ccc(CN6CCOCC6)cc5)n4c3)c3ccccc32)cc1. The van der Waals surface area contributed by atoms with Gasteiger partial charge >= 0.3 is 6.03 Å². The number of benzene rings is 3. The third-order valence-electron chi connectivity index (χ3n) is 9.92. The number of amides is 2. The topological polar surface area (TPSA) is 129 Å². The molecule has 0 bridgehead atoms. The molecule has 11 heteroatoms. The van der Waals surface area contributed by atoms with E-state index in [2.05, 4.69) is 62.1 Å². The van der Waals surface area contributed by atoms with E-state index < -0.39 is 0 Å². The molecule has 0 radical (unpaired) electrons. The Balaban J connectivity index is 1.04. The first-order valence-corrected chi connectivity index (χ1v) is 18.4. The molecule has 2 atom stereocenters. The smallest absolute Gasteiger partial charge is 0.320 e. The minimum absolute atomic E-state index is 0.199. The molecular weight excluding hydrogens is 665 g/mol. The monoisotopic (exact) mass is 712 g/mol. The van der Waals surface area contributed by atoms with Crippen molar-refractivity contribution >= 4 is 28.9 Å². The molecule has 2 aliphatic rings. The molecule has 3 aromatic carbocycles. The van der Waals surface area contributed by atoms with Crippen molar-refractivity contribution in [2.24, 2.45) is 10.4 Å². The van der Waals surface area contributed by atoms with Crippen LogP contribution in [0.4, 0.5) is 10.5 Å². The second kappa shape index (κ2) is 15.7. The number of aromatic nitrogens is 3. The zero-order chi connectivity index (χ0) is 37.0. The van der Waals surface area contributed by atoms with Crippen molar-refractivity contribution in [2.75, 3.05) is 26.3 Å². The van der Waals surface area contributed by atoms with Crippen molar-refractivity contribution in [3.8, 4) is 17.1 Å². The molecule has 2 aromatic heterocycles. The zero-order valence-electron chi connectivity index (χ0n) is 30.9. The Kier molecular flexibility index (Phi) is 10.7. The molecule has 0 spiro atoms. The van der Waals surface area contributed by atoms with Gasteiger partial charge in [-0.3, -0.25) is 14.6 Å². The molecule has 11 nitrogen and oxygen atoms in total. The van der Waals surface area contributed by atoms with E-state index in [0.717, 1.165) is 72.3 Å². The Bertz CT molecular complexity index is 2090. The van der Waals surface area contributed by atoms with E-state index in [0.29, 0.717) is 30.1 Å². The van der Waals surface area contributed by atoms with Crippen LogP contribution in [0.1, 0.15) is 74.4 Å². The van der Waals surface area contributed by atoms with Crippen molar-refractivity contribution in [3.05, 3.63) is 113 Å². The second-order valence-electron chi connectivity index (χ2n) is 15.0. The molecule has 1 aliphatic carbocycles. The van der Waals surface area contributed by atoms with Crippen molar-refractivity contribution in [3.63, 3.8) is 0 Å². The van der Waals surface area contributed by atoms with Crippen LogP contribution in [-0.2, 0) is 11.3 Å². The molecule has 7 rings (SSSR count). The van der Waals surface area contributed by atoms with Gasteiger partial charge in [0, 0.05) is 37.3 Å². The van der Waals surface area contributed by atoms with Gasteiger partial charge in [0.2, 0.25) is 0 Å². The summed E-state index contributed by atoms with van der Waals surface area (Å²) in [6, 6.07) is 27.7. The molecule has 1 saturated heterocycles. The number of amidine groups is 1. The van der Waals surface area contributed by atoms with E-state index >= 15 is 0 Å². The molecule has 1 aliphatic heterocycles. The summed E-state index contributed by atoms with van der Waals surface area (Å²) in [6.45, 7) is 12.4. The first-order valence-electron chi connectivity index (χ1n) is 18.4. The summed E-state index contributed by atoms with van der Waals surface area (Å²) in [5, 5.41) is 23.7. The summed E-state index contributed by atoms with van der Waals surface area (Å²) >= 11 is 0. The number of aliphatic imine (C=N–C) groups is 1. The lowest BCUT2D eigenvalue weighted by molar-refractivity contribution is 0.0342. The number of carbonyl (C=O) groups is 1. The van der Waals surface area contributed by atoms with Crippen molar-refractivity contribution in [1.29, 1.82) is 5.41 Å². The predicted molar refractivity (Wildman–Crippen MR) is 208 cm³/mol. The Morgan fingerprint density at radius 3 is 2.42 bits per heavy atom. The number of nitrogens with zero attached hydrogens (tertiary/aromatic N) is 5. The molecule has 3 heterocycles. The summed E-state index contributed by atoms with van der Waals surface area (Å²) in [6.07, 6.45) is 3.39. The van der Waals surface area contributed by atoms with Crippen LogP contribution in [-0.4, -0.2) is 63.4 Å². The Labute approximate surface area is 311 Å². The van der Waals surface area contributed by atoms with Crippen LogP contribution in [0.2, 0.25) is 0 Å². The van der Waals surface area contributed by atoms with E-state index in [1.54, 1.807) is 0 Å². The van der Waals surface area contributed by atoms with Gasteiger partial charge in [-0.1, -0.05) is 87.0 Å². The summed E-state index contributed by atoms with van der Waals surface area (Å²) < 4.78 is 14.1. The summed E-state index contributed by atoms with van der Waals surface area (Å²) in [5.41, 5.74) is 7.02. The van der Waals surface area contributed by atoms with Gasteiger partial charge in [-0.2, -0.15) is 0 Å². The highest BCUT2D eigenvalue weighted by atomic mass is 16.5. The van der Waals surface area contributed by atoms with Gasteiger partial charge in [-0.15, -0.1) is 10.2 Å². The van der Waals surface area contributed by atoms with Crippen molar-refractivity contribution < 1.29 is 14.3 Å². The molecule has 0 saturated carbocycles. The van der Waals surface area contributed by atoms with E-state index in [9.17, 15) is 4.79 Å². The lowest BCUT2D eigenvalue weighted by Crippen LogP contribution is -2.43. The average Bonchev–Trinajstić information content (AvgIpc) is 3.57. The molecule has 274 valence electrons. The van der Waals surface area contributed by atoms with E-state index in [4.69, 9.17) is 19.9 Å². The molecule has 53 heavy (non-hydrogen) atoms. The largest absolute Gasteiger partial charge is 0.484 e. The van der Waals surface area contributed by atoms with E-state index in [1.165, 1.54) is 5.56 Å². The van der Waals surface area contributed by atoms with Gasteiger partial charge in [0.25, 0.3) is 0 Å².